The second-order valence-electron chi connectivity index (χ2n) is 3.10. The smallest absolute Gasteiger partial charge is 0.143 e. The molecule has 3 N–H and O–H groups in total. The Morgan fingerprint density at radius 3 is 2.56 bits per heavy atom. The van der Waals surface area contributed by atoms with Gasteiger partial charge in [-0.25, -0.2) is 0 Å². The summed E-state index contributed by atoms with van der Waals surface area (Å²) in [5.74, 6) is 0.0312. The van der Waals surface area contributed by atoms with Crippen LogP contribution in [-0.2, 0) is 0 Å². The van der Waals surface area contributed by atoms with Gasteiger partial charge in [-0.3, -0.25) is 0 Å². The van der Waals surface area contributed by atoms with Gasteiger partial charge in [-0.1, -0.05) is 36.2 Å². The molecule has 0 unspecified atom stereocenters. The van der Waals surface area contributed by atoms with Crippen LogP contribution in [0.5, 0.6) is 11.5 Å². The third-order valence-corrected chi connectivity index (χ3v) is 3.58. The third kappa shape index (κ3) is 2.34. The van der Waals surface area contributed by atoms with Gasteiger partial charge in [0, 0.05) is 11.6 Å². The van der Waals surface area contributed by atoms with Gasteiger partial charge in [-0.15, -0.1) is 0 Å². The van der Waals surface area contributed by atoms with Gasteiger partial charge in [0.2, 0.25) is 0 Å². The van der Waals surface area contributed by atoms with Crippen LogP contribution >= 0.6 is 36.2 Å². The number of rotatable bonds is 1. The molecule has 0 amide bonds. The fourth-order valence-corrected chi connectivity index (χ4v) is 2.69. The quantitative estimate of drug-likeness (QED) is 0.537. The number of aromatic hydroxyl groups is 2. The number of benzene rings is 1. The summed E-state index contributed by atoms with van der Waals surface area (Å²) in [7, 11) is 0. The minimum Gasteiger partial charge on any atom is -0.508 e. The van der Waals surface area contributed by atoms with Crippen LogP contribution in [0.2, 0.25) is 0 Å². The molecule has 0 spiro atoms. The Kier molecular flexibility index (Phi) is 3.13. The van der Waals surface area contributed by atoms with E-state index in [1.54, 1.807) is 12.1 Å². The number of phenolic OH excluding ortho intramolecular Hbond substituents is 2. The Labute approximate surface area is 107 Å². The van der Waals surface area contributed by atoms with E-state index in [-0.39, 0.29) is 11.5 Å². The lowest BCUT2D eigenvalue weighted by molar-refractivity contribution is 0.450. The van der Waals surface area contributed by atoms with Crippen LogP contribution in [0.1, 0.15) is 5.56 Å². The van der Waals surface area contributed by atoms with E-state index < -0.39 is 0 Å². The van der Waals surface area contributed by atoms with Crippen molar-refractivity contribution in [2.45, 2.75) is 0 Å². The zero-order valence-corrected chi connectivity index (χ0v) is 10.4. The van der Waals surface area contributed by atoms with E-state index in [4.69, 9.17) is 29.5 Å². The SMILES string of the molecule is Oc1ccc(C=C2SC(=S)NC2=S)c(O)c1. The highest BCUT2D eigenvalue weighted by molar-refractivity contribution is 8.27. The molecule has 1 aromatic carbocycles. The number of thioether (sulfide) groups is 1. The molecule has 1 fully saturated rings. The van der Waals surface area contributed by atoms with E-state index in [1.807, 2.05) is 0 Å². The fourth-order valence-electron chi connectivity index (χ4n) is 1.22. The third-order valence-electron chi connectivity index (χ3n) is 1.94. The van der Waals surface area contributed by atoms with Crippen molar-refractivity contribution in [3.63, 3.8) is 0 Å². The van der Waals surface area contributed by atoms with Crippen molar-refractivity contribution in [3.05, 3.63) is 28.7 Å². The molecule has 0 atom stereocenters. The van der Waals surface area contributed by atoms with Crippen LogP contribution in [0.4, 0.5) is 0 Å². The van der Waals surface area contributed by atoms with Crippen LogP contribution in [0.3, 0.4) is 0 Å². The van der Waals surface area contributed by atoms with Gasteiger partial charge in [0.1, 0.15) is 20.8 Å². The fraction of sp³-hybridized carbons (Fsp3) is 0. The predicted octanol–water partition coefficient (Wildman–Crippen LogP) is 2.39. The van der Waals surface area contributed by atoms with Gasteiger partial charge >= 0.3 is 0 Å². The van der Waals surface area contributed by atoms with E-state index in [9.17, 15) is 5.11 Å². The molecule has 0 radical (unpaired) electrons. The summed E-state index contributed by atoms with van der Waals surface area (Å²) in [5, 5.41) is 21.6. The summed E-state index contributed by atoms with van der Waals surface area (Å²) in [5.41, 5.74) is 0.592. The molecule has 3 nitrogen and oxygen atoms in total. The highest BCUT2D eigenvalue weighted by Crippen LogP contribution is 2.30. The molecule has 1 aromatic rings. The lowest BCUT2D eigenvalue weighted by Gasteiger charge is -2.00. The molecule has 1 aliphatic heterocycles. The number of nitrogens with one attached hydrogen (secondary N) is 1. The van der Waals surface area contributed by atoms with Gasteiger partial charge in [0.15, 0.2) is 0 Å². The second-order valence-corrected chi connectivity index (χ2v) is 5.22. The minimum atomic E-state index is 0.00807. The molecule has 0 saturated carbocycles. The summed E-state index contributed by atoms with van der Waals surface area (Å²) in [6.45, 7) is 0. The van der Waals surface area contributed by atoms with E-state index in [0.29, 0.717) is 14.9 Å². The van der Waals surface area contributed by atoms with E-state index in [2.05, 4.69) is 5.32 Å². The highest BCUT2D eigenvalue weighted by atomic mass is 32.2. The molecule has 0 aliphatic carbocycles. The first-order valence-electron chi connectivity index (χ1n) is 4.33. The second kappa shape index (κ2) is 4.40. The number of phenols is 2. The van der Waals surface area contributed by atoms with E-state index >= 15 is 0 Å². The zero-order valence-electron chi connectivity index (χ0n) is 7.93. The van der Waals surface area contributed by atoms with Crippen molar-refractivity contribution in [1.29, 1.82) is 0 Å². The summed E-state index contributed by atoms with van der Waals surface area (Å²) >= 11 is 11.4. The van der Waals surface area contributed by atoms with Crippen molar-refractivity contribution >= 4 is 51.6 Å². The van der Waals surface area contributed by atoms with E-state index in [1.165, 1.54) is 23.9 Å². The van der Waals surface area contributed by atoms with Crippen molar-refractivity contribution in [1.82, 2.24) is 5.32 Å². The normalized spacial score (nSPS) is 17.9. The Morgan fingerprint density at radius 1 is 1.25 bits per heavy atom. The van der Waals surface area contributed by atoms with Gasteiger partial charge in [-0.05, 0) is 18.2 Å². The first kappa shape index (κ1) is 11.4. The molecule has 16 heavy (non-hydrogen) atoms. The standard InChI is InChI=1S/C10H7NO2S3/c12-6-2-1-5(7(13)4-6)3-8-9(14)11-10(15)16-8/h1-4,12-13H,(H,11,14,15). The van der Waals surface area contributed by atoms with Crippen molar-refractivity contribution < 1.29 is 10.2 Å². The average Bonchev–Trinajstić information content (AvgIpc) is 2.50. The minimum absolute atomic E-state index is 0.00807. The lowest BCUT2D eigenvalue weighted by atomic mass is 10.2. The first-order chi connectivity index (χ1) is 7.56. The topological polar surface area (TPSA) is 52.5 Å². The largest absolute Gasteiger partial charge is 0.508 e. The molecule has 2 rings (SSSR count). The molecule has 6 heteroatoms. The molecular weight excluding hydrogens is 262 g/mol. The van der Waals surface area contributed by atoms with E-state index in [0.717, 1.165) is 4.91 Å². The predicted molar refractivity (Wildman–Crippen MR) is 73.7 cm³/mol. The Balaban J connectivity index is 2.36. The van der Waals surface area contributed by atoms with Crippen molar-refractivity contribution in [2.75, 3.05) is 0 Å². The molecule has 1 saturated heterocycles. The molecule has 0 bridgehead atoms. The van der Waals surface area contributed by atoms with Gasteiger partial charge in [0.05, 0.1) is 4.91 Å². The van der Waals surface area contributed by atoms with Gasteiger partial charge < -0.3 is 15.5 Å². The van der Waals surface area contributed by atoms with Crippen LogP contribution < -0.4 is 5.32 Å². The van der Waals surface area contributed by atoms with Crippen molar-refractivity contribution in [2.24, 2.45) is 0 Å². The first-order valence-corrected chi connectivity index (χ1v) is 5.96. The van der Waals surface area contributed by atoms with Crippen LogP contribution in [-0.4, -0.2) is 19.5 Å². The number of thiocarbonyl (C=S) groups is 2. The van der Waals surface area contributed by atoms with Crippen LogP contribution in [0.25, 0.3) is 6.08 Å². The monoisotopic (exact) mass is 269 g/mol. The molecule has 1 heterocycles. The van der Waals surface area contributed by atoms with Crippen molar-refractivity contribution in [3.8, 4) is 11.5 Å². The molecule has 1 aliphatic rings. The summed E-state index contributed by atoms with van der Waals surface area (Å²) < 4.78 is 0.606. The van der Waals surface area contributed by atoms with Crippen LogP contribution in [0.15, 0.2) is 23.1 Å². The highest BCUT2D eigenvalue weighted by Gasteiger charge is 2.18. The lowest BCUT2D eigenvalue weighted by Crippen LogP contribution is -2.15. The Hall–Kier alpha value is -1.11. The summed E-state index contributed by atoms with van der Waals surface area (Å²) in [6.07, 6.45) is 1.73. The maximum absolute atomic E-state index is 9.59. The average molecular weight is 269 g/mol. The zero-order chi connectivity index (χ0) is 11.7. The maximum Gasteiger partial charge on any atom is 0.143 e. The van der Waals surface area contributed by atoms with Gasteiger partial charge in [0.25, 0.3) is 0 Å². The molecular formula is C10H7NO2S3. The number of hydrogen-bond acceptors (Lipinski definition) is 5. The Morgan fingerprint density at radius 2 is 2.00 bits per heavy atom. The summed E-state index contributed by atoms with van der Waals surface area (Å²) in [6, 6.07) is 4.39. The maximum atomic E-state index is 9.59. The Bertz CT molecular complexity index is 511. The number of hydrogen-bond donors (Lipinski definition) is 3. The summed E-state index contributed by atoms with van der Waals surface area (Å²) in [4.78, 5) is 1.35. The van der Waals surface area contributed by atoms with Crippen LogP contribution in [0, 0.1) is 0 Å². The molecule has 82 valence electrons. The van der Waals surface area contributed by atoms with Gasteiger partial charge in [-0.2, -0.15) is 0 Å². The molecule has 0 aromatic heterocycles.